The first-order chi connectivity index (χ1) is 20.9. The lowest BCUT2D eigenvalue weighted by Gasteiger charge is -2.24. The third-order valence-corrected chi connectivity index (χ3v) is 8.80. The molecule has 1 aromatic heterocycles. The minimum atomic E-state index is -0.916. The number of amides is 1. The Morgan fingerprint density at radius 2 is 1.88 bits per heavy atom. The van der Waals surface area contributed by atoms with E-state index in [1.165, 1.54) is 30.6 Å². The van der Waals surface area contributed by atoms with E-state index in [4.69, 9.17) is 30.5 Å². The standard InChI is InChI=1S/C30H30ClF2N5O5/c31-21-7-16(1-2-22(21)32)36-29-17-8-25(26(9-24(17)34-15-35-29)43-14-20-18-12-40-13-19(18)20)37-30(39)23(33)3-4-38-10-27-28(11-38)42-6-5-41-27/h1-3,7-9,15,18-20,27-28H,4-6,10-14H2,(H,37,39)(H,34,35,36)/b23-3+/t18?,19?,20?,27-,28-/m0/s1. The largest absolute Gasteiger partial charge is 0.491 e. The highest BCUT2D eigenvalue weighted by molar-refractivity contribution is 6.31. The van der Waals surface area contributed by atoms with Gasteiger partial charge in [-0.25, -0.2) is 18.7 Å². The molecule has 0 spiro atoms. The molecule has 3 aliphatic heterocycles. The number of carbonyl (C=O) groups excluding carboxylic acids is 1. The van der Waals surface area contributed by atoms with E-state index in [1.54, 1.807) is 12.1 Å². The van der Waals surface area contributed by atoms with Gasteiger partial charge in [-0.3, -0.25) is 9.69 Å². The fraction of sp³-hybridized carbons (Fsp3) is 0.433. The maximum atomic E-state index is 15.1. The molecule has 4 aliphatic rings. The Balaban J connectivity index is 1.12. The molecule has 4 fully saturated rings. The second kappa shape index (κ2) is 11.9. The van der Waals surface area contributed by atoms with Gasteiger partial charge in [-0.05, 0) is 42.2 Å². The number of hydrogen-bond donors (Lipinski definition) is 2. The molecule has 1 amide bonds. The third kappa shape index (κ3) is 6.02. The van der Waals surface area contributed by atoms with Gasteiger partial charge in [0, 0.05) is 42.7 Å². The summed E-state index contributed by atoms with van der Waals surface area (Å²) in [5.74, 6) is -0.284. The number of benzene rings is 2. The van der Waals surface area contributed by atoms with Crippen LogP contribution in [0.15, 0.2) is 48.6 Å². The molecule has 2 unspecified atom stereocenters. The van der Waals surface area contributed by atoms with Crippen molar-refractivity contribution >= 4 is 45.6 Å². The van der Waals surface area contributed by atoms with Crippen molar-refractivity contribution in [3.05, 3.63) is 59.4 Å². The summed E-state index contributed by atoms with van der Waals surface area (Å²) in [5.41, 5.74) is 1.31. The topological polar surface area (TPSA) is 107 Å². The van der Waals surface area contributed by atoms with Gasteiger partial charge in [0.1, 0.15) is 23.7 Å². The Hall–Kier alpha value is -3.42. The van der Waals surface area contributed by atoms with Gasteiger partial charge < -0.3 is 29.6 Å². The number of nitrogens with zero attached hydrogens (tertiary/aromatic N) is 3. The van der Waals surface area contributed by atoms with E-state index in [9.17, 15) is 9.18 Å². The van der Waals surface area contributed by atoms with Crippen molar-refractivity contribution in [3.63, 3.8) is 0 Å². The average molecular weight is 614 g/mol. The van der Waals surface area contributed by atoms with E-state index in [-0.39, 0.29) is 29.5 Å². The van der Waals surface area contributed by atoms with Gasteiger partial charge in [-0.2, -0.15) is 0 Å². The Labute approximate surface area is 251 Å². The van der Waals surface area contributed by atoms with Gasteiger partial charge in [0.15, 0.2) is 5.83 Å². The number of rotatable bonds is 9. The van der Waals surface area contributed by atoms with E-state index in [1.807, 2.05) is 4.90 Å². The van der Waals surface area contributed by atoms with Crippen molar-refractivity contribution in [1.82, 2.24) is 14.9 Å². The van der Waals surface area contributed by atoms with E-state index in [0.29, 0.717) is 78.8 Å². The van der Waals surface area contributed by atoms with Crippen LogP contribution in [0.1, 0.15) is 0 Å². The van der Waals surface area contributed by atoms with Crippen molar-refractivity contribution in [2.45, 2.75) is 12.2 Å². The zero-order valence-electron chi connectivity index (χ0n) is 23.1. The summed E-state index contributed by atoms with van der Waals surface area (Å²) in [4.78, 5) is 23.7. The SMILES string of the molecule is O=C(Nc1cc2c(Nc3ccc(F)c(Cl)c3)ncnc2cc1OCC1C2COCC21)/C(F)=C\CN1C[C@@H]2OCCO[C@H]2C1. The average Bonchev–Trinajstić information content (AvgIpc) is 3.31. The number of carbonyl (C=O) groups is 1. The number of halogens is 3. The van der Waals surface area contributed by atoms with Crippen LogP contribution in [0.3, 0.4) is 0 Å². The molecule has 2 N–H and O–H groups in total. The fourth-order valence-corrected chi connectivity index (χ4v) is 6.25. The highest BCUT2D eigenvalue weighted by atomic mass is 35.5. The zero-order valence-corrected chi connectivity index (χ0v) is 23.9. The molecule has 1 aliphatic carbocycles. The Kier molecular flexibility index (Phi) is 7.87. The molecule has 1 saturated carbocycles. The second-order valence-electron chi connectivity index (χ2n) is 11.2. The highest BCUT2D eigenvalue weighted by Crippen LogP contribution is 2.51. The molecule has 13 heteroatoms. The molecule has 3 aromatic rings. The van der Waals surface area contributed by atoms with Gasteiger partial charge >= 0.3 is 0 Å². The summed E-state index contributed by atoms with van der Waals surface area (Å²) in [7, 11) is 0. The van der Waals surface area contributed by atoms with Crippen LogP contribution in [0.5, 0.6) is 5.75 Å². The van der Waals surface area contributed by atoms with Crippen LogP contribution in [0, 0.1) is 23.6 Å². The van der Waals surface area contributed by atoms with Crippen molar-refractivity contribution < 1.29 is 32.5 Å². The monoisotopic (exact) mass is 613 g/mol. The van der Waals surface area contributed by atoms with Crippen LogP contribution in [-0.4, -0.2) is 85.7 Å². The Bertz CT molecular complexity index is 1550. The lowest BCUT2D eigenvalue weighted by Crippen LogP contribution is -2.36. The summed E-state index contributed by atoms with van der Waals surface area (Å²) in [5, 5.41) is 6.28. The van der Waals surface area contributed by atoms with E-state index in [2.05, 4.69) is 20.6 Å². The maximum Gasteiger partial charge on any atom is 0.284 e. The number of hydrogen-bond acceptors (Lipinski definition) is 9. The molecular formula is C30H30ClF2N5O5. The van der Waals surface area contributed by atoms with E-state index < -0.39 is 17.6 Å². The minimum Gasteiger partial charge on any atom is -0.491 e. The van der Waals surface area contributed by atoms with Crippen LogP contribution >= 0.6 is 11.6 Å². The van der Waals surface area contributed by atoms with Crippen LogP contribution in [0.2, 0.25) is 5.02 Å². The van der Waals surface area contributed by atoms with E-state index in [0.717, 1.165) is 13.2 Å². The molecule has 226 valence electrons. The molecule has 10 nitrogen and oxygen atoms in total. The van der Waals surface area contributed by atoms with Crippen LogP contribution in [0.25, 0.3) is 10.9 Å². The fourth-order valence-electron chi connectivity index (χ4n) is 6.07. The van der Waals surface area contributed by atoms with Gasteiger partial charge in [0.2, 0.25) is 0 Å². The van der Waals surface area contributed by atoms with Crippen LogP contribution in [-0.2, 0) is 19.0 Å². The molecule has 43 heavy (non-hydrogen) atoms. The van der Waals surface area contributed by atoms with Gasteiger partial charge in [-0.1, -0.05) is 11.6 Å². The predicted octanol–water partition coefficient (Wildman–Crippen LogP) is 4.33. The molecule has 3 saturated heterocycles. The number of fused-ring (bicyclic) bond motifs is 3. The molecule has 4 atom stereocenters. The van der Waals surface area contributed by atoms with E-state index >= 15 is 4.39 Å². The highest BCUT2D eigenvalue weighted by Gasteiger charge is 2.54. The Morgan fingerprint density at radius 3 is 2.63 bits per heavy atom. The second-order valence-corrected chi connectivity index (χ2v) is 11.6. The molecule has 7 rings (SSSR count). The number of aromatic nitrogens is 2. The lowest BCUT2D eigenvalue weighted by atomic mass is 10.1. The minimum absolute atomic E-state index is 0.0372. The van der Waals surface area contributed by atoms with Crippen molar-refractivity contribution in [2.24, 2.45) is 17.8 Å². The van der Waals surface area contributed by atoms with Crippen LogP contribution in [0.4, 0.5) is 26.0 Å². The van der Waals surface area contributed by atoms with Crippen molar-refractivity contribution in [1.29, 1.82) is 0 Å². The summed E-state index contributed by atoms with van der Waals surface area (Å²) in [6.07, 6.45) is 2.57. The maximum absolute atomic E-state index is 15.1. The first-order valence-electron chi connectivity index (χ1n) is 14.3. The van der Waals surface area contributed by atoms with Gasteiger partial charge in [-0.15, -0.1) is 0 Å². The summed E-state index contributed by atoms with van der Waals surface area (Å²) in [6.45, 7) is 4.46. The molecule has 0 radical (unpaired) electrons. The summed E-state index contributed by atoms with van der Waals surface area (Å²) >= 11 is 5.95. The molecule has 2 aromatic carbocycles. The normalized spacial score (nSPS) is 26.7. The zero-order chi connectivity index (χ0) is 29.5. The number of ether oxygens (including phenoxy) is 4. The predicted molar refractivity (Wildman–Crippen MR) is 155 cm³/mol. The Morgan fingerprint density at radius 1 is 1.12 bits per heavy atom. The molecular weight excluding hydrogens is 584 g/mol. The number of nitrogens with one attached hydrogen (secondary N) is 2. The van der Waals surface area contributed by atoms with Crippen molar-refractivity contribution in [3.8, 4) is 5.75 Å². The number of anilines is 3. The summed E-state index contributed by atoms with van der Waals surface area (Å²) < 4.78 is 51.9. The lowest BCUT2D eigenvalue weighted by molar-refractivity contribution is -0.116. The van der Waals surface area contributed by atoms with Gasteiger partial charge in [0.05, 0.1) is 61.5 Å². The molecule has 4 heterocycles. The molecule has 0 bridgehead atoms. The first-order valence-corrected chi connectivity index (χ1v) is 14.6. The third-order valence-electron chi connectivity index (χ3n) is 8.51. The number of likely N-dealkylation sites (tertiary alicyclic amines) is 1. The summed E-state index contributed by atoms with van der Waals surface area (Å²) in [6, 6.07) is 7.54. The van der Waals surface area contributed by atoms with Crippen LogP contribution < -0.4 is 15.4 Å². The van der Waals surface area contributed by atoms with Gasteiger partial charge in [0.25, 0.3) is 5.91 Å². The smallest absolute Gasteiger partial charge is 0.284 e. The quantitative estimate of drug-likeness (QED) is 0.341. The first kappa shape index (κ1) is 28.4. The van der Waals surface area contributed by atoms with Crippen molar-refractivity contribution in [2.75, 3.05) is 63.3 Å².